The summed E-state index contributed by atoms with van der Waals surface area (Å²) in [6.45, 7) is 6.39. The molecule has 0 amide bonds. The summed E-state index contributed by atoms with van der Waals surface area (Å²) in [5.74, 6) is 1.47. The first kappa shape index (κ1) is 14.6. The molecular formula is C15H22O3. The molecule has 0 radical (unpaired) electrons. The quantitative estimate of drug-likeness (QED) is 0.842. The van der Waals surface area contributed by atoms with Crippen molar-refractivity contribution in [1.82, 2.24) is 0 Å². The maximum atomic E-state index is 9.47. The molecule has 1 N–H and O–H groups in total. The number of hydrogen-bond donors (Lipinski definition) is 1. The smallest absolute Gasteiger partial charge is 0.161 e. The van der Waals surface area contributed by atoms with Crippen LogP contribution in [-0.2, 0) is 0 Å². The highest BCUT2D eigenvalue weighted by atomic mass is 16.5. The first-order valence-corrected chi connectivity index (χ1v) is 6.25. The van der Waals surface area contributed by atoms with Crippen molar-refractivity contribution in [2.45, 2.75) is 33.3 Å². The van der Waals surface area contributed by atoms with Gasteiger partial charge in [0.25, 0.3) is 0 Å². The fraction of sp³-hybridized carbons (Fsp3) is 0.467. The van der Waals surface area contributed by atoms with E-state index < -0.39 is 6.10 Å². The SMILES string of the molecule is CCCOc1cc(/C=C(/C)C(C)O)ccc1OC. The molecule has 1 rings (SSSR count). The van der Waals surface area contributed by atoms with E-state index in [1.807, 2.05) is 31.2 Å². The molecule has 1 atom stereocenters. The Balaban J connectivity index is 2.98. The summed E-state index contributed by atoms with van der Waals surface area (Å²) in [7, 11) is 1.63. The predicted octanol–water partition coefficient (Wildman–Crippen LogP) is 3.27. The van der Waals surface area contributed by atoms with Crippen molar-refractivity contribution in [2.75, 3.05) is 13.7 Å². The van der Waals surface area contributed by atoms with E-state index in [2.05, 4.69) is 6.92 Å². The molecule has 0 fully saturated rings. The van der Waals surface area contributed by atoms with Gasteiger partial charge in [-0.2, -0.15) is 0 Å². The van der Waals surface area contributed by atoms with Crippen LogP contribution in [0, 0.1) is 0 Å². The van der Waals surface area contributed by atoms with Gasteiger partial charge < -0.3 is 14.6 Å². The van der Waals surface area contributed by atoms with Gasteiger partial charge in [0.2, 0.25) is 0 Å². The minimum absolute atomic E-state index is 0.438. The van der Waals surface area contributed by atoms with Gasteiger partial charge in [-0.1, -0.05) is 19.1 Å². The topological polar surface area (TPSA) is 38.7 Å². The van der Waals surface area contributed by atoms with Crippen molar-refractivity contribution in [3.63, 3.8) is 0 Å². The van der Waals surface area contributed by atoms with Crippen molar-refractivity contribution in [3.05, 3.63) is 29.3 Å². The summed E-state index contributed by atoms with van der Waals surface area (Å²) in [5, 5.41) is 9.47. The number of hydrogen-bond acceptors (Lipinski definition) is 3. The van der Waals surface area contributed by atoms with Crippen LogP contribution in [-0.4, -0.2) is 24.9 Å². The van der Waals surface area contributed by atoms with E-state index in [1.54, 1.807) is 14.0 Å². The number of ether oxygens (including phenoxy) is 2. The molecule has 1 unspecified atom stereocenters. The minimum atomic E-state index is -0.438. The van der Waals surface area contributed by atoms with Gasteiger partial charge in [0.15, 0.2) is 11.5 Å². The van der Waals surface area contributed by atoms with E-state index in [0.29, 0.717) is 6.61 Å². The van der Waals surface area contributed by atoms with Crippen LogP contribution in [0.4, 0.5) is 0 Å². The van der Waals surface area contributed by atoms with Crippen LogP contribution in [0.25, 0.3) is 6.08 Å². The summed E-state index contributed by atoms with van der Waals surface area (Å²) in [5.41, 5.74) is 1.92. The van der Waals surface area contributed by atoms with E-state index in [1.165, 1.54) is 0 Å². The van der Waals surface area contributed by atoms with Crippen molar-refractivity contribution >= 4 is 6.08 Å². The predicted molar refractivity (Wildman–Crippen MR) is 74.1 cm³/mol. The van der Waals surface area contributed by atoms with Crippen LogP contribution >= 0.6 is 0 Å². The Bertz CT molecular complexity index is 408. The first-order valence-electron chi connectivity index (χ1n) is 6.25. The van der Waals surface area contributed by atoms with Crippen molar-refractivity contribution in [2.24, 2.45) is 0 Å². The zero-order valence-corrected chi connectivity index (χ0v) is 11.6. The Morgan fingerprint density at radius 2 is 2.11 bits per heavy atom. The van der Waals surface area contributed by atoms with E-state index in [-0.39, 0.29) is 0 Å². The zero-order valence-electron chi connectivity index (χ0n) is 11.6. The second-order valence-corrected chi connectivity index (χ2v) is 4.32. The van der Waals surface area contributed by atoms with Crippen molar-refractivity contribution < 1.29 is 14.6 Å². The first-order chi connectivity index (χ1) is 8.58. The Labute approximate surface area is 109 Å². The summed E-state index contributed by atoms with van der Waals surface area (Å²) in [4.78, 5) is 0. The summed E-state index contributed by atoms with van der Waals surface area (Å²) >= 11 is 0. The average molecular weight is 250 g/mol. The highest BCUT2D eigenvalue weighted by Crippen LogP contribution is 2.29. The van der Waals surface area contributed by atoms with Gasteiger partial charge in [0.05, 0.1) is 19.8 Å². The fourth-order valence-corrected chi connectivity index (χ4v) is 1.49. The van der Waals surface area contributed by atoms with E-state index in [9.17, 15) is 5.11 Å². The second-order valence-electron chi connectivity index (χ2n) is 4.32. The molecule has 18 heavy (non-hydrogen) atoms. The minimum Gasteiger partial charge on any atom is -0.493 e. The van der Waals surface area contributed by atoms with Crippen molar-refractivity contribution in [1.29, 1.82) is 0 Å². The molecule has 0 aromatic heterocycles. The molecular weight excluding hydrogens is 228 g/mol. The molecule has 0 saturated heterocycles. The molecule has 100 valence electrons. The van der Waals surface area contributed by atoms with Gasteiger partial charge in [-0.3, -0.25) is 0 Å². The third kappa shape index (κ3) is 4.08. The molecule has 3 heteroatoms. The van der Waals surface area contributed by atoms with Gasteiger partial charge in [-0.05, 0) is 43.5 Å². The van der Waals surface area contributed by atoms with Gasteiger partial charge in [-0.25, -0.2) is 0 Å². The van der Waals surface area contributed by atoms with Crippen LogP contribution in [0.15, 0.2) is 23.8 Å². The number of aliphatic hydroxyl groups is 1. The van der Waals surface area contributed by atoms with Gasteiger partial charge in [0.1, 0.15) is 0 Å². The van der Waals surface area contributed by atoms with E-state index >= 15 is 0 Å². The van der Waals surface area contributed by atoms with Gasteiger partial charge >= 0.3 is 0 Å². The molecule has 0 spiro atoms. The Kier molecular flexibility index (Phi) is 5.72. The zero-order chi connectivity index (χ0) is 13.5. The van der Waals surface area contributed by atoms with Crippen LogP contribution in [0.3, 0.4) is 0 Å². The maximum Gasteiger partial charge on any atom is 0.161 e. The molecule has 0 aliphatic rings. The molecule has 1 aromatic carbocycles. The maximum absolute atomic E-state index is 9.47. The number of rotatable bonds is 6. The lowest BCUT2D eigenvalue weighted by atomic mass is 10.1. The van der Waals surface area contributed by atoms with Crippen LogP contribution in [0.2, 0.25) is 0 Å². The standard InChI is InChI=1S/C15H22O3/c1-5-8-18-15-10-13(6-7-14(15)17-4)9-11(2)12(3)16/h6-7,9-10,12,16H,5,8H2,1-4H3/b11-9-. The molecule has 0 heterocycles. The average Bonchev–Trinajstić information content (AvgIpc) is 2.36. The third-order valence-electron chi connectivity index (χ3n) is 2.70. The lowest BCUT2D eigenvalue weighted by molar-refractivity contribution is 0.232. The molecule has 0 aliphatic heterocycles. The lowest BCUT2D eigenvalue weighted by Gasteiger charge is -2.11. The summed E-state index contributed by atoms with van der Waals surface area (Å²) in [6, 6.07) is 5.76. The molecule has 0 saturated carbocycles. The normalized spacial score (nSPS) is 13.3. The Hall–Kier alpha value is -1.48. The van der Waals surface area contributed by atoms with Crippen LogP contribution < -0.4 is 9.47 Å². The van der Waals surface area contributed by atoms with Gasteiger partial charge in [-0.15, -0.1) is 0 Å². The molecule has 0 aliphatic carbocycles. The van der Waals surface area contributed by atoms with Gasteiger partial charge in [0, 0.05) is 0 Å². The molecule has 0 bridgehead atoms. The fourth-order valence-electron chi connectivity index (χ4n) is 1.49. The number of methoxy groups -OCH3 is 1. The van der Waals surface area contributed by atoms with Crippen LogP contribution in [0.1, 0.15) is 32.8 Å². The largest absolute Gasteiger partial charge is 0.493 e. The summed E-state index contributed by atoms with van der Waals surface area (Å²) in [6.07, 6.45) is 2.46. The third-order valence-corrected chi connectivity index (χ3v) is 2.70. The monoisotopic (exact) mass is 250 g/mol. The van der Waals surface area contributed by atoms with E-state index in [4.69, 9.17) is 9.47 Å². The Morgan fingerprint density at radius 1 is 1.39 bits per heavy atom. The highest BCUT2D eigenvalue weighted by Gasteiger charge is 2.05. The van der Waals surface area contributed by atoms with Crippen molar-refractivity contribution in [3.8, 4) is 11.5 Å². The Morgan fingerprint density at radius 3 is 2.67 bits per heavy atom. The number of benzene rings is 1. The molecule has 1 aromatic rings. The van der Waals surface area contributed by atoms with Crippen LogP contribution in [0.5, 0.6) is 11.5 Å². The van der Waals surface area contributed by atoms with E-state index in [0.717, 1.165) is 29.1 Å². The highest BCUT2D eigenvalue weighted by molar-refractivity contribution is 5.58. The number of aliphatic hydroxyl groups excluding tert-OH is 1. The summed E-state index contributed by atoms with van der Waals surface area (Å²) < 4.78 is 10.9. The lowest BCUT2D eigenvalue weighted by Crippen LogP contribution is -2.01. The second kappa shape index (κ2) is 7.07. The molecule has 3 nitrogen and oxygen atoms in total.